The van der Waals surface area contributed by atoms with E-state index in [0.717, 1.165) is 39.0 Å². The first-order chi connectivity index (χ1) is 12.7. The molecule has 1 aromatic heterocycles. The maximum Gasteiger partial charge on any atom is 0.234 e. The van der Waals surface area contributed by atoms with Crippen LogP contribution in [0.25, 0.3) is 0 Å². The highest BCUT2D eigenvalue weighted by molar-refractivity contribution is 7.09. The van der Waals surface area contributed by atoms with Crippen LogP contribution in [0, 0.1) is 6.92 Å². The Hall–Kier alpha value is -1.69. The van der Waals surface area contributed by atoms with E-state index in [1.807, 2.05) is 6.07 Å². The van der Waals surface area contributed by atoms with Gasteiger partial charge in [0, 0.05) is 31.1 Å². The molecule has 0 aliphatic carbocycles. The first kappa shape index (κ1) is 19.1. The molecular weight excluding hydrogens is 344 g/mol. The number of hydrogen-bond acceptors (Lipinski definition) is 4. The number of carbonyl (C=O) groups is 1. The van der Waals surface area contributed by atoms with Gasteiger partial charge in [0.1, 0.15) is 0 Å². The van der Waals surface area contributed by atoms with Crippen LogP contribution in [-0.2, 0) is 22.5 Å². The molecule has 1 fully saturated rings. The summed E-state index contributed by atoms with van der Waals surface area (Å²) in [5, 5.41) is 5.16. The highest BCUT2D eigenvalue weighted by atomic mass is 32.1. The largest absolute Gasteiger partial charge is 0.377 e. The molecule has 4 nitrogen and oxygen atoms in total. The van der Waals surface area contributed by atoms with Crippen molar-refractivity contribution in [2.24, 2.45) is 0 Å². The van der Waals surface area contributed by atoms with Gasteiger partial charge < -0.3 is 10.1 Å². The summed E-state index contributed by atoms with van der Waals surface area (Å²) in [6.07, 6.45) is 3.35. The van der Waals surface area contributed by atoms with Gasteiger partial charge >= 0.3 is 0 Å². The van der Waals surface area contributed by atoms with Gasteiger partial charge in [0.05, 0.1) is 12.6 Å². The number of thiophene rings is 1. The summed E-state index contributed by atoms with van der Waals surface area (Å²) in [4.78, 5) is 15.9. The van der Waals surface area contributed by atoms with E-state index in [-0.39, 0.29) is 12.0 Å². The molecular formula is C21H28N2O2S. The van der Waals surface area contributed by atoms with Crippen LogP contribution in [0.2, 0.25) is 0 Å². The van der Waals surface area contributed by atoms with E-state index in [2.05, 4.69) is 52.9 Å². The van der Waals surface area contributed by atoms with Crippen molar-refractivity contribution in [2.45, 2.75) is 38.8 Å². The van der Waals surface area contributed by atoms with Crippen LogP contribution in [0.15, 0.2) is 41.8 Å². The Morgan fingerprint density at radius 2 is 2.19 bits per heavy atom. The fourth-order valence-electron chi connectivity index (χ4n) is 3.37. The number of nitrogens with zero attached hydrogens (tertiary/aromatic N) is 1. The van der Waals surface area contributed by atoms with Crippen molar-refractivity contribution in [1.82, 2.24) is 10.2 Å². The van der Waals surface area contributed by atoms with E-state index in [4.69, 9.17) is 4.74 Å². The molecule has 26 heavy (non-hydrogen) atoms. The van der Waals surface area contributed by atoms with Crippen LogP contribution in [-0.4, -0.2) is 43.2 Å². The van der Waals surface area contributed by atoms with Crippen molar-refractivity contribution >= 4 is 17.2 Å². The van der Waals surface area contributed by atoms with Crippen LogP contribution >= 0.6 is 11.3 Å². The van der Waals surface area contributed by atoms with Gasteiger partial charge in [-0.3, -0.25) is 9.69 Å². The van der Waals surface area contributed by atoms with Crippen LogP contribution < -0.4 is 5.32 Å². The number of aryl methyl sites for hydroxylation is 1. The number of benzene rings is 1. The van der Waals surface area contributed by atoms with Crippen LogP contribution in [0.5, 0.6) is 0 Å². The van der Waals surface area contributed by atoms with Gasteiger partial charge in [0.15, 0.2) is 0 Å². The normalized spacial score (nSPS) is 16.9. The van der Waals surface area contributed by atoms with Crippen molar-refractivity contribution in [3.8, 4) is 0 Å². The standard InChI is InChI=1S/C21H28N2O2S/c1-17-6-2-3-7-18(17)10-11-22-21(24)16-23(14-19-8-4-12-25-19)15-20-9-5-13-26-20/h2-3,5-7,9,13,19H,4,8,10-12,14-16H2,1H3,(H,22,24)/t19-/m1/s1. The highest BCUT2D eigenvalue weighted by Crippen LogP contribution is 2.17. The predicted octanol–water partition coefficient (Wildman–Crippen LogP) is 3.40. The second kappa shape index (κ2) is 9.86. The quantitative estimate of drug-likeness (QED) is 0.734. The maximum absolute atomic E-state index is 12.4. The second-order valence-electron chi connectivity index (χ2n) is 6.91. The smallest absolute Gasteiger partial charge is 0.234 e. The molecule has 0 unspecified atom stereocenters. The summed E-state index contributed by atoms with van der Waals surface area (Å²) in [6.45, 7) is 5.69. The van der Waals surface area contributed by atoms with Gasteiger partial charge in [0.25, 0.3) is 0 Å². The minimum atomic E-state index is 0.0909. The van der Waals surface area contributed by atoms with E-state index in [0.29, 0.717) is 13.1 Å². The Kier molecular flexibility index (Phi) is 7.23. The van der Waals surface area contributed by atoms with E-state index >= 15 is 0 Å². The molecule has 140 valence electrons. The molecule has 1 aromatic carbocycles. The van der Waals surface area contributed by atoms with Gasteiger partial charge in [-0.1, -0.05) is 30.3 Å². The fourth-order valence-corrected chi connectivity index (χ4v) is 4.12. The first-order valence-corrected chi connectivity index (χ1v) is 10.3. The lowest BCUT2D eigenvalue weighted by molar-refractivity contribution is -0.122. The van der Waals surface area contributed by atoms with Crippen molar-refractivity contribution in [3.63, 3.8) is 0 Å². The molecule has 5 heteroatoms. The van der Waals surface area contributed by atoms with Crippen molar-refractivity contribution in [1.29, 1.82) is 0 Å². The van der Waals surface area contributed by atoms with Gasteiger partial charge in [-0.25, -0.2) is 0 Å². The maximum atomic E-state index is 12.4. The van der Waals surface area contributed by atoms with Crippen LogP contribution in [0.3, 0.4) is 0 Å². The van der Waals surface area contributed by atoms with Gasteiger partial charge in [-0.05, 0) is 48.8 Å². The Bertz CT molecular complexity index is 681. The molecule has 1 aliphatic heterocycles. The summed E-state index contributed by atoms with van der Waals surface area (Å²) < 4.78 is 5.77. The lowest BCUT2D eigenvalue weighted by atomic mass is 10.1. The summed E-state index contributed by atoms with van der Waals surface area (Å²) in [7, 11) is 0. The van der Waals surface area contributed by atoms with Crippen molar-refractivity contribution in [3.05, 3.63) is 57.8 Å². The van der Waals surface area contributed by atoms with E-state index in [1.54, 1.807) is 11.3 Å². The zero-order valence-electron chi connectivity index (χ0n) is 15.4. The van der Waals surface area contributed by atoms with Gasteiger partial charge in [-0.15, -0.1) is 11.3 Å². The molecule has 2 heterocycles. The molecule has 1 atom stereocenters. The summed E-state index contributed by atoms with van der Waals surface area (Å²) in [5.74, 6) is 0.0909. The molecule has 0 radical (unpaired) electrons. The lowest BCUT2D eigenvalue weighted by Crippen LogP contribution is -2.40. The number of ether oxygens (including phenoxy) is 1. The molecule has 1 amide bonds. The molecule has 1 aliphatic rings. The summed E-state index contributed by atoms with van der Waals surface area (Å²) in [5.41, 5.74) is 2.57. The first-order valence-electron chi connectivity index (χ1n) is 9.38. The molecule has 0 spiro atoms. The van der Waals surface area contributed by atoms with E-state index in [1.165, 1.54) is 16.0 Å². The van der Waals surface area contributed by atoms with Crippen molar-refractivity contribution in [2.75, 3.05) is 26.2 Å². The monoisotopic (exact) mass is 372 g/mol. The Labute approximate surface area is 160 Å². The molecule has 1 saturated heterocycles. The number of carbonyl (C=O) groups excluding carboxylic acids is 1. The Balaban J connectivity index is 1.48. The van der Waals surface area contributed by atoms with Crippen molar-refractivity contribution < 1.29 is 9.53 Å². The summed E-state index contributed by atoms with van der Waals surface area (Å²) in [6, 6.07) is 12.5. The van der Waals surface area contributed by atoms with Gasteiger partial charge in [0.2, 0.25) is 5.91 Å². The molecule has 1 N–H and O–H groups in total. The predicted molar refractivity (Wildman–Crippen MR) is 106 cm³/mol. The average Bonchev–Trinajstić information content (AvgIpc) is 3.30. The Morgan fingerprint density at radius 3 is 2.92 bits per heavy atom. The third-order valence-electron chi connectivity index (χ3n) is 4.79. The minimum absolute atomic E-state index is 0.0909. The second-order valence-corrected chi connectivity index (χ2v) is 7.94. The topological polar surface area (TPSA) is 41.6 Å². The van der Waals surface area contributed by atoms with Gasteiger partial charge in [-0.2, -0.15) is 0 Å². The summed E-state index contributed by atoms with van der Waals surface area (Å²) >= 11 is 1.74. The number of hydrogen-bond donors (Lipinski definition) is 1. The third kappa shape index (κ3) is 5.94. The van der Waals surface area contributed by atoms with E-state index < -0.39 is 0 Å². The number of nitrogens with one attached hydrogen (secondary N) is 1. The zero-order chi connectivity index (χ0) is 18.2. The van der Waals surface area contributed by atoms with Crippen LogP contribution in [0.1, 0.15) is 28.8 Å². The molecule has 2 aromatic rings. The minimum Gasteiger partial charge on any atom is -0.377 e. The molecule has 0 saturated carbocycles. The lowest BCUT2D eigenvalue weighted by Gasteiger charge is -2.24. The Morgan fingerprint density at radius 1 is 1.31 bits per heavy atom. The third-order valence-corrected chi connectivity index (χ3v) is 5.65. The molecule has 3 rings (SSSR count). The zero-order valence-corrected chi connectivity index (χ0v) is 16.3. The fraction of sp³-hybridized carbons (Fsp3) is 0.476. The SMILES string of the molecule is Cc1ccccc1CCNC(=O)CN(Cc1cccs1)C[C@H]1CCCO1. The number of rotatable bonds is 9. The average molecular weight is 373 g/mol. The van der Waals surface area contributed by atoms with E-state index in [9.17, 15) is 4.79 Å². The molecule has 0 bridgehead atoms. The highest BCUT2D eigenvalue weighted by Gasteiger charge is 2.21. The number of amides is 1. The van der Waals surface area contributed by atoms with Crippen LogP contribution in [0.4, 0.5) is 0 Å².